The van der Waals surface area contributed by atoms with Crippen molar-refractivity contribution in [2.24, 2.45) is 0 Å². The molecule has 0 unspecified atom stereocenters. The van der Waals surface area contributed by atoms with Crippen molar-refractivity contribution in [1.29, 1.82) is 0 Å². The SMILES string of the molecule is CCc1cnnnc1CC. The fraction of sp³-hybridized carbons (Fsp3) is 0.571. The first-order valence-electron chi connectivity index (χ1n) is 3.54. The number of aromatic nitrogens is 3. The maximum absolute atomic E-state index is 3.91. The van der Waals surface area contributed by atoms with Gasteiger partial charge in [-0.25, -0.2) is 0 Å². The molecule has 0 fully saturated rings. The van der Waals surface area contributed by atoms with Crippen molar-refractivity contribution in [2.45, 2.75) is 26.7 Å². The first-order chi connectivity index (χ1) is 4.88. The van der Waals surface area contributed by atoms with Crippen molar-refractivity contribution in [3.8, 4) is 0 Å². The van der Waals surface area contributed by atoms with Crippen LogP contribution in [-0.2, 0) is 12.8 Å². The molecule has 0 amide bonds. The van der Waals surface area contributed by atoms with E-state index >= 15 is 0 Å². The molecular weight excluding hydrogens is 126 g/mol. The Morgan fingerprint density at radius 3 is 2.60 bits per heavy atom. The predicted octanol–water partition coefficient (Wildman–Crippen LogP) is 0.996. The van der Waals surface area contributed by atoms with E-state index in [-0.39, 0.29) is 0 Å². The van der Waals surface area contributed by atoms with E-state index in [9.17, 15) is 0 Å². The third-order valence-electron chi connectivity index (χ3n) is 1.52. The van der Waals surface area contributed by atoms with Gasteiger partial charge in [-0.2, -0.15) is 0 Å². The molecule has 0 aromatic carbocycles. The lowest BCUT2D eigenvalue weighted by Gasteiger charge is -1.98. The third kappa shape index (κ3) is 1.29. The van der Waals surface area contributed by atoms with Crippen LogP contribution < -0.4 is 0 Å². The van der Waals surface area contributed by atoms with Gasteiger partial charge in [0.1, 0.15) is 0 Å². The zero-order chi connectivity index (χ0) is 7.40. The minimum absolute atomic E-state index is 0.943. The molecule has 0 saturated heterocycles. The highest BCUT2D eigenvalue weighted by atomic mass is 15.3. The second-order valence-electron chi connectivity index (χ2n) is 2.11. The molecule has 0 bridgehead atoms. The molecule has 0 spiro atoms. The first-order valence-corrected chi connectivity index (χ1v) is 3.54. The van der Waals surface area contributed by atoms with Crippen LogP contribution in [-0.4, -0.2) is 15.4 Å². The second-order valence-corrected chi connectivity index (χ2v) is 2.11. The fourth-order valence-corrected chi connectivity index (χ4v) is 0.907. The summed E-state index contributed by atoms with van der Waals surface area (Å²) in [7, 11) is 0. The van der Waals surface area contributed by atoms with Crippen LogP contribution in [0.3, 0.4) is 0 Å². The summed E-state index contributed by atoms with van der Waals surface area (Å²) >= 11 is 0. The third-order valence-corrected chi connectivity index (χ3v) is 1.52. The van der Waals surface area contributed by atoms with Gasteiger partial charge in [0, 0.05) is 0 Å². The van der Waals surface area contributed by atoms with Gasteiger partial charge in [0.2, 0.25) is 0 Å². The molecule has 0 atom stereocenters. The lowest BCUT2D eigenvalue weighted by Crippen LogP contribution is -1.98. The van der Waals surface area contributed by atoms with Crippen LogP contribution in [0, 0.1) is 0 Å². The summed E-state index contributed by atoms with van der Waals surface area (Å²) in [6.07, 6.45) is 3.72. The Morgan fingerprint density at radius 2 is 2.10 bits per heavy atom. The van der Waals surface area contributed by atoms with Crippen LogP contribution in [0.2, 0.25) is 0 Å². The zero-order valence-corrected chi connectivity index (χ0v) is 6.33. The average molecular weight is 137 g/mol. The molecule has 3 heteroatoms. The monoisotopic (exact) mass is 137 g/mol. The molecule has 3 nitrogen and oxygen atoms in total. The Balaban J connectivity index is 2.96. The van der Waals surface area contributed by atoms with Gasteiger partial charge in [-0.3, -0.25) is 0 Å². The summed E-state index contributed by atoms with van der Waals surface area (Å²) in [5.41, 5.74) is 2.27. The summed E-state index contributed by atoms with van der Waals surface area (Å²) in [6.45, 7) is 4.17. The van der Waals surface area contributed by atoms with Crippen molar-refractivity contribution in [3.63, 3.8) is 0 Å². The van der Waals surface area contributed by atoms with Crippen LogP contribution in [0.4, 0.5) is 0 Å². The molecule has 0 aliphatic heterocycles. The van der Waals surface area contributed by atoms with Gasteiger partial charge < -0.3 is 0 Å². The Kier molecular flexibility index (Phi) is 2.31. The van der Waals surface area contributed by atoms with E-state index in [0.717, 1.165) is 18.5 Å². The minimum Gasteiger partial charge on any atom is -0.138 e. The predicted molar refractivity (Wildman–Crippen MR) is 38.6 cm³/mol. The molecule has 1 aromatic rings. The summed E-state index contributed by atoms with van der Waals surface area (Å²) in [5.74, 6) is 0. The van der Waals surface area contributed by atoms with Gasteiger partial charge >= 0.3 is 0 Å². The highest BCUT2D eigenvalue weighted by Gasteiger charge is 1.98. The number of aryl methyl sites for hydroxylation is 2. The molecule has 0 saturated carbocycles. The number of hydrogen-bond acceptors (Lipinski definition) is 3. The summed E-state index contributed by atoms with van der Waals surface area (Å²) in [4.78, 5) is 0. The van der Waals surface area contributed by atoms with Crippen LogP contribution in [0.1, 0.15) is 25.1 Å². The molecule has 1 aromatic heterocycles. The molecule has 0 aliphatic rings. The molecule has 0 radical (unpaired) electrons. The zero-order valence-electron chi connectivity index (χ0n) is 6.33. The molecule has 1 heterocycles. The quantitative estimate of drug-likeness (QED) is 0.610. The van der Waals surface area contributed by atoms with E-state index in [1.54, 1.807) is 6.20 Å². The normalized spacial score (nSPS) is 9.80. The van der Waals surface area contributed by atoms with E-state index in [4.69, 9.17) is 0 Å². The lowest BCUT2D eigenvalue weighted by molar-refractivity contribution is 0.785. The van der Waals surface area contributed by atoms with Crippen LogP contribution in [0.15, 0.2) is 6.20 Å². The molecule has 10 heavy (non-hydrogen) atoms. The summed E-state index contributed by atoms with van der Waals surface area (Å²) < 4.78 is 0. The molecule has 1 rings (SSSR count). The van der Waals surface area contributed by atoms with E-state index in [2.05, 4.69) is 29.3 Å². The first kappa shape index (κ1) is 7.12. The van der Waals surface area contributed by atoms with Gasteiger partial charge in [-0.1, -0.05) is 13.8 Å². The highest BCUT2D eigenvalue weighted by Crippen LogP contribution is 2.02. The van der Waals surface area contributed by atoms with Crippen LogP contribution in [0.5, 0.6) is 0 Å². The second kappa shape index (κ2) is 3.25. The summed E-state index contributed by atoms with van der Waals surface area (Å²) in [5, 5.41) is 11.2. The van der Waals surface area contributed by atoms with Crippen molar-refractivity contribution < 1.29 is 0 Å². The van der Waals surface area contributed by atoms with E-state index in [1.165, 1.54) is 5.56 Å². The minimum atomic E-state index is 0.943. The van der Waals surface area contributed by atoms with Gasteiger partial charge in [-0.05, 0) is 23.6 Å². The smallest absolute Gasteiger partial charge is 0.0693 e. The van der Waals surface area contributed by atoms with Crippen molar-refractivity contribution >= 4 is 0 Å². The topological polar surface area (TPSA) is 38.7 Å². The number of nitrogens with zero attached hydrogens (tertiary/aromatic N) is 3. The molecule has 0 aliphatic carbocycles. The van der Waals surface area contributed by atoms with E-state index in [1.807, 2.05) is 0 Å². The van der Waals surface area contributed by atoms with Crippen molar-refractivity contribution in [1.82, 2.24) is 15.4 Å². The Morgan fingerprint density at radius 1 is 1.30 bits per heavy atom. The van der Waals surface area contributed by atoms with E-state index < -0.39 is 0 Å². The molecule has 54 valence electrons. The van der Waals surface area contributed by atoms with Crippen molar-refractivity contribution in [3.05, 3.63) is 17.5 Å². The average Bonchev–Trinajstić information content (AvgIpc) is 2.04. The number of hydrogen-bond donors (Lipinski definition) is 0. The highest BCUT2D eigenvalue weighted by molar-refractivity contribution is 5.13. The van der Waals surface area contributed by atoms with Gasteiger partial charge in [-0.15, -0.1) is 10.2 Å². The number of rotatable bonds is 2. The van der Waals surface area contributed by atoms with Gasteiger partial charge in [0.25, 0.3) is 0 Å². The maximum atomic E-state index is 3.91. The van der Waals surface area contributed by atoms with Gasteiger partial charge in [0.15, 0.2) is 0 Å². The largest absolute Gasteiger partial charge is 0.138 e. The lowest BCUT2D eigenvalue weighted by atomic mass is 10.1. The van der Waals surface area contributed by atoms with Crippen LogP contribution in [0.25, 0.3) is 0 Å². The van der Waals surface area contributed by atoms with Crippen molar-refractivity contribution in [2.75, 3.05) is 0 Å². The standard InChI is InChI=1S/C7H11N3/c1-3-6-5-8-10-9-7(6)4-2/h5H,3-4H2,1-2H3. The Bertz CT molecular complexity index is 187. The van der Waals surface area contributed by atoms with Crippen LogP contribution >= 0.6 is 0 Å². The molecule has 0 N–H and O–H groups in total. The summed E-state index contributed by atoms with van der Waals surface area (Å²) in [6, 6.07) is 0. The van der Waals surface area contributed by atoms with Gasteiger partial charge in [0.05, 0.1) is 11.9 Å². The Hall–Kier alpha value is -0.990. The molecular formula is C7H11N3. The van der Waals surface area contributed by atoms with E-state index in [0.29, 0.717) is 0 Å². The Labute approximate surface area is 60.5 Å². The fourth-order valence-electron chi connectivity index (χ4n) is 0.907. The maximum Gasteiger partial charge on any atom is 0.0693 e.